The molecule has 4 N–H and O–H groups in total. The molecule has 0 saturated carbocycles. The van der Waals surface area contributed by atoms with Gasteiger partial charge in [0.15, 0.2) is 0 Å². The van der Waals surface area contributed by atoms with Crippen molar-refractivity contribution in [2.24, 2.45) is 0 Å². The monoisotopic (exact) mass is 1500 g/mol. The molecule has 0 unspecified atom stereocenters. The molecule has 0 aliphatic rings. The molecule has 15 heteroatoms. The lowest BCUT2D eigenvalue weighted by molar-refractivity contribution is 0.0998. The average molecular weight is 1500 g/mol. The lowest BCUT2D eigenvalue weighted by Crippen LogP contribution is -2.19. The summed E-state index contributed by atoms with van der Waals surface area (Å²) in [4.78, 5) is 66.8. The third kappa shape index (κ3) is 37.4. The second-order valence-electron chi connectivity index (χ2n) is 29.0. The van der Waals surface area contributed by atoms with Gasteiger partial charge in [-0.1, -0.05) is 283 Å². The fourth-order valence-electron chi connectivity index (χ4n) is 12.8. The lowest BCUT2D eigenvalue weighted by atomic mass is 10.1. The number of anilines is 4. The number of rotatable bonds is 56. The van der Waals surface area contributed by atoms with Crippen LogP contribution in [0.4, 0.5) is 22.7 Å². The van der Waals surface area contributed by atoms with E-state index in [4.69, 9.17) is 18.9 Å². The smallest absolute Gasteiger partial charge is 0.274 e. The largest absolute Gasteiger partial charge is 0.494 e. The highest BCUT2D eigenvalue weighted by Crippen LogP contribution is 2.25. The highest BCUT2D eigenvalue weighted by atomic mass is 32.1. The quantitative estimate of drug-likeness (QED) is 0.0212. The number of nitrogens with zero attached hydrogens (tertiary/aromatic N) is 2. The Balaban J connectivity index is 1.02. The van der Waals surface area contributed by atoms with Gasteiger partial charge < -0.3 is 40.2 Å². The van der Waals surface area contributed by atoms with E-state index in [1.165, 1.54) is 217 Å². The molecule has 4 amide bonds. The summed E-state index contributed by atoms with van der Waals surface area (Å²) in [6.07, 6.45) is 50.0. The Kier molecular flexibility index (Phi) is 43.8. The van der Waals surface area contributed by atoms with E-state index in [0.717, 1.165) is 74.4 Å². The van der Waals surface area contributed by atoms with Crippen molar-refractivity contribution in [2.75, 3.05) is 47.7 Å². The number of nitrogens with one attached hydrogen (secondary N) is 4. The van der Waals surface area contributed by atoms with Crippen LogP contribution in [0.1, 0.15) is 347 Å². The lowest BCUT2D eigenvalue weighted by Gasteiger charge is -2.10. The molecule has 14 nitrogen and oxygen atoms in total. The van der Waals surface area contributed by atoms with E-state index in [9.17, 15) is 19.2 Å². The van der Waals surface area contributed by atoms with Crippen LogP contribution in [0.5, 0.6) is 23.0 Å². The van der Waals surface area contributed by atoms with Gasteiger partial charge >= 0.3 is 0 Å². The molecule has 4 aromatic carbocycles. The standard InChI is InChI=1S/C94H126N6O8S/c1-5-9-13-17-21-25-29-33-37-41-67-105-81-55-47-77(48-56-81)95-91(101)87-71-75(72-88(99-87)92(102)96-78-49-57-82(58-50-78)106-68-42-38-34-30-26-22-18-14-10-6-2)45-63-85-65-66-86(109-85)64-46-76-73-89(93(103)97-79-51-59-83(60-52-79)107-69-43-39-35-31-27-23-19-15-11-7-3)100-90(74-76)94(104)98-80-53-61-84(62-54-80)108-70-44-40-36-32-28-24-20-16-12-8-4/h47-62,65-66,71-74H,5-44,67-70H2,1-4H3,(H,95,101)(H,96,102)(H,97,103)(H,98,104). The summed E-state index contributed by atoms with van der Waals surface area (Å²) in [7, 11) is 0. The van der Waals surface area contributed by atoms with Crippen LogP contribution in [0, 0.1) is 23.7 Å². The summed E-state index contributed by atoms with van der Waals surface area (Å²) >= 11 is 1.34. The normalized spacial score (nSPS) is 10.9. The molecule has 3 heterocycles. The van der Waals surface area contributed by atoms with E-state index in [-0.39, 0.29) is 22.8 Å². The van der Waals surface area contributed by atoms with Gasteiger partial charge in [-0.2, -0.15) is 0 Å². The molecule has 7 aromatic rings. The van der Waals surface area contributed by atoms with E-state index in [0.29, 0.717) is 70.1 Å². The molecular formula is C94H126N6O8S. The van der Waals surface area contributed by atoms with Gasteiger partial charge in [-0.3, -0.25) is 19.2 Å². The first-order valence-corrected chi connectivity index (χ1v) is 42.7. The Hall–Kier alpha value is -8.92. The Labute approximate surface area is 658 Å². The molecular weight excluding hydrogens is 1370 g/mol. The number of hydrogen-bond donors (Lipinski definition) is 4. The Morgan fingerprint density at radius 1 is 0.266 bits per heavy atom. The Morgan fingerprint density at radius 3 is 0.661 bits per heavy atom. The summed E-state index contributed by atoms with van der Waals surface area (Å²) < 4.78 is 24.2. The van der Waals surface area contributed by atoms with Crippen LogP contribution in [0.15, 0.2) is 133 Å². The first-order chi connectivity index (χ1) is 53.6. The number of unbranched alkanes of at least 4 members (excludes halogenated alkanes) is 36. The van der Waals surface area contributed by atoms with Crippen LogP contribution >= 0.6 is 11.3 Å². The van der Waals surface area contributed by atoms with Crippen molar-refractivity contribution in [3.05, 3.63) is 177 Å². The van der Waals surface area contributed by atoms with Crippen LogP contribution in [0.2, 0.25) is 0 Å². The van der Waals surface area contributed by atoms with Crippen molar-refractivity contribution in [3.8, 4) is 46.7 Å². The molecule has 0 aliphatic heterocycles. The van der Waals surface area contributed by atoms with E-state index in [1.807, 2.05) is 60.7 Å². The van der Waals surface area contributed by atoms with Crippen molar-refractivity contribution < 1.29 is 38.1 Å². The third-order valence-corrected chi connectivity index (χ3v) is 20.3. The summed E-state index contributed by atoms with van der Waals surface area (Å²) in [6, 6.07) is 39.0. The molecule has 0 fully saturated rings. The third-order valence-electron chi connectivity index (χ3n) is 19.4. The maximum Gasteiger partial charge on any atom is 0.274 e. The molecule has 7 rings (SSSR count). The molecule has 0 saturated heterocycles. The molecule has 586 valence electrons. The number of amides is 4. The maximum absolute atomic E-state index is 14.1. The second-order valence-corrected chi connectivity index (χ2v) is 30.0. The zero-order chi connectivity index (χ0) is 76.8. The molecule has 0 spiro atoms. The Bertz CT molecular complexity index is 3380. The van der Waals surface area contributed by atoms with Crippen LogP contribution in [-0.2, 0) is 0 Å². The van der Waals surface area contributed by atoms with Crippen molar-refractivity contribution in [3.63, 3.8) is 0 Å². The Morgan fingerprint density at radius 2 is 0.459 bits per heavy atom. The first-order valence-electron chi connectivity index (χ1n) is 41.9. The number of aromatic nitrogens is 2. The first kappa shape index (κ1) is 87.3. The highest BCUT2D eigenvalue weighted by molar-refractivity contribution is 7.13. The van der Waals surface area contributed by atoms with E-state index in [1.54, 1.807) is 72.8 Å². The average Bonchev–Trinajstić information content (AvgIpc) is 1.18. The van der Waals surface area contributed by atoms with Crippen molar-refractivity contribution in [1.82, 2.24) is 9.97 Å². The van der Waals surface area contributed by atoms with Crippen molar-refractivity contribution >= 4 is 57.7 Å². The van der Waals surface area contributed by atoms with E-state index < -0.39 is 23.6 Å². The number of pyridine rings is 2. The minimum absolute atomic E-state index is 0.000189. The van der Waals surface area contributed by atoms with Gasteiger partial charge in [-0.25, -0.2) is 9.97 Å². The maximum atomic E-state index is 14.1. The van der Waals surface area contributed by atoms with E-state index in [2.05, 4.69) is 82.6 Å². The fraction of sp³-hybridized carbons (Fsp3) is 0.511. The topological polar surface area (TPSA) is 179 Å². The molecule has 0 bridgehead atoms. The molecule has 109 heavy (non-hydrogen) atoms. The van der Waals surface area contributed by atoms with Crippen LogP contribution in [-0.4, -0.2) is 60.0 Å². The highest BCUT2D eigenvalue weighted by Gasteiger charge is 2.19. The SMILES string of the molecule is CCCCCCCCCCCCOc1ccc(NC(=O)c2cc(C#Cc3ccc(C#Cc4cc(C(=O)Nc5ccc(OCCCCCCCCCCCC)cc5)nc(C(=O)Nc5ccc(OCCCCCCCCCCCC)cc5)c4)s3)cc(C(=O)Nc3ccc(OCCCCCCCCCCCC)cc3)n2)cc1. The van der Waals surface area contributed by atoms with Gasteiger partial charge in [0.25, 0.3) is 23.6 Å². The van der Waals surface area contributed by atoms with Crippen LogP contribution in [0.25, 0.3) is 0 Å². The predicted octanol–water partition coefficient (Wildman–Crippen LogP) is 25.5. The van der Waals surface area contributed by atoms with Gasteiger partial charge in [0.2, 0.25) is 0 Å². The second kappa shape index (κ2) is 54.6. The van der Waals surface area contributed by atoms with E-state index >= 15 is 0 Å². The number of carbonyl (C=O) groups excluding carboxylic acids is 4. The van der Waals surface area contributed by atoms with Crippen LogP contribution in [0.3, 0.4) is 0 Å². The van der Waals surface area contributed by atoms with Gasteiger partial charge in [0, 0.05) is 33.9 Å². The summed E-state index contributed by atoms with van der Waals surface area (Å²) in [5.41, 5.74) is 2.93. The van der Waals surface area contributed by atoms with Crippen molar-refractivity contribution in [1.29, 1.82) is 0 Å². The number of ether oxygens (including phenoxy) is 4. The zero-order valence-corrected chi connectivity index (χ0v) is 67.2. The fourth-order valence-corrected chi connectivity index (χ4v) is 13.6. The summed E-state index contributed by atoms with van der Waals surface area (Å²) in [5.74, 6) is 13.6. The summed E-state index contributed by atoms with van der Waals surface area (Å²) in [5, 5.41) is 11.8. The minimum Gasteiger partial charge on any atom is -0.494 e. The van der Waals surface area contributed by atoms with Gasteiger partial charge in [-0.05, 0) is 159 Å². The van der Waals surface area contributed by atoms with Gasteiger partial charge in [0.05, 0.1) is 36.2 Å². The molecule has 0 atom stereocenters. The van der Waals surface area contributed by atoms with Gasteiger partial charge in [-0.15, -0.1) is 11.3 Å². The van der Waals surface area contributed by atoms with Crippen molar-refractivity contribution in [2.45, 2.75) is 285 Å². The number of benzene rings is 4. The minimum atomic E-state index is -0.519. The number of hydrogen-bond acceptors (Lipinski definition) is 11. The predicted molar refractivity (Wildman–Crippen MR) is 452 cm³/mol. The summed E-state index contributed by atoms with van der Waals surface area (Å²) in [6.45, 7) is 11.5. The number of carbonyl (C=O) groups is 4. The molecule has 0 aliphatic carbocycles. The van der Waals surface area contributed by atoms with Gasteiger partial charge in [0.1, 0.15) is 45.8 Å². The van der Waals surface area contributed by atoms with Crippen LogP contribution < -0.4 is 40.2 Å². The molecule has 0 radical (unpaired) electrons. The zero-order valence-electron chi connectivity index (χ0n) is 66.4. The molecule has 3 aromatic heterocycles. The number of thiophene rings is 1.